The van der Waals surface area contributed by atoms with Crippen molar-refractivity contribution in [2.45, 2.75) is 55.1 Å². The number of rotatable bonds is 5. The Bertz CT molecular complexity index is 292. The average molecular weight is 320 g/mol. The summed E-state index contributed by atoms with van der Waals surface area (Å²) in [7, 11) is 1.40. The topological polar surface area (TPSA) is 47.6 Å². The van der Waals surface area contributed by atoms with Crippen LogP contribution in [0.4, 0.5) is 0 Å². The molecule has 1 saturated carbocycles. The van der Waals surface area contributed by atoms with Gasteiger partial charge < -0.3 is 14.8 Å². The largest absolute Gasteiger partial charge is 0.468 e. The number of hydrogen-bond acceptors (Lipinski definition) is 4. The van der Waals surface area contributed by atoms with Gasteiger partial charge in [0.15, 0.2) is 0 Å². The van der Waals surface area contributed by atoms with Gasteiger partial charge in [-0.25, -0.2) is 0 Å². The summed E-state index contributed by atoms with van der Waals surface area (Å²) in [5.41, 5.74) is 0.197. The van der Waals surface area contributed by atoms with Crippen molar-refractivity contribution in [2.24, 2.45) is 0 Å². The van der Waals surface area contributed by atoms with Crippen molar-refractivity contribution in [3.8, 4) is 0 Å². The molecule has 104 valence electrons. The normalized spacial score (nSPS) is 27.6. The molecule has 18 heavy (non-hydrogen) atoms. The van der Waals surface area contributed by atoms with E-state index in [1.54, 1.807) is 0 Å². The van der Waals surface area contributed by atoms with Crippen LogP contribution >= 0.6 is 15.9 Å². The summed E-state index contributed by atoms with van der Waals surface area (Å²) < 4.78 is 10.8. The van der Waals surface area contributed by atoms with Crippen molar-refractivity contribution in [1.82, 2.24) is 5.32 Å². The van der Waals surface area contributed by atoms with Gasteiger partial charge in [-0.1, -0.05) is 28.8 Å². The number of methoxy groups -OCH3 is 1. The molecule has 0 aromatic carbocycles. The van der Waals surface area contributed by atoms with E-state index >= 15 is 0 Å². The Kier molecular flexibility index (Phi) is 5.04. The Morgan fingerprint density at radius 1 is 1.50 bits per heavy atom. The summed E-state index contributed by atoms with van der Waals surface area (Å²) in [6, 6.07) is 0. The molecule has 1 N–H and O–H groups in total. The van der Waals surface area contributed by atoms with E-state index in [2.05, 4.69) is 26.0 Å². The lowest BCUT2D eigenvalue weighted by molar-refractivity contribution is -0.139. The molecule has 0 bridgehead atoms. The zero-order valence-corrected chi connectivity index (χ0v) is 12.5. The third-order valence-electron chi connectivity index (χ3n) is 4.01. The number of esters is 1. The van der Waals surface area contributed by atoms with Crippen molar-refractivity contribution >= 4 is 21.9 Å². The second kappa shape index (κ2) is 6.35. The molecule has 1 saturated heterocycles. The molecule has 5 heteroatoms. The first kappa shape index (κ1) is 14.3. The number of halogens is 1. The van der Waals surface area contributed by atoms with Gasteiger partial charge in [0.1, 0.15) is 4.83 Å². The highest BCUT2D eigenvalue weighted by Gasteiger charge is 2.41. The molecular formula is C13H22BrNO3. The minimum absolute atomic E-state index is 0.197. The third-order valence-corrected chi connectivity index (χ3v) is 4.70. The van der Waals surface area contributed by atoms with Gasteiger partial charge in [0, 0.05) is 13.1 Å². The molecule has 0 aromatic heterocycles. The maximum atomic E-state index is 11.2. The van der Waals surface area contributed by atoms with Crippen molar-refractivity contribution in [3.05, 3.63) is 0 Å². The van der Waals surface area contributed by atoms with E-state index in [1.807, 2.05) is 0 Å². The molecule has 2 atom stereocenters. The molecule has 1 heterocycles. The van der Waals surface area contributed by atoms with Crippen LogP contribution < -0.4 is 5.32 Å². The SMILES string of the molecule is COC(=O)C(Br)CNCC1CCC2(CCCC2)O1. The highest BCUT2D eigenvalue weighted by Crippen LogP contribution is 2.43. The molecule has 1 aliphatic carbocycles. The monoisotopic (exact) mass is 319 g/mol. The molecule has 4 nitrogen and oxygen atoms in total. The predicted molar refractivity (Wildman–Crippen MR) is 72.9 cm³/mol. The molecule has 2 fully saturated rings. The Morgan fingerprint density at radius 2 is 2.22 bits per heavy atom. The first-order valence-electron chi connectivity index (χ1n) is 6.76. The number of hydrogen-bond donors (Lipinski definition) is 1. The summed E-state index contributed by atoms with van der Waals surface area (Å²) in [4.78, 5) is 10.9. The van der Waals surface area contributed by atoms with Crippen LogP contribution in [0.1, 0.15) is 38.5 Å². The van der Waals surface area contributed by atoms with Crippen LogP contribution in [0, 0.1) is 0 Å². The standard InChI is InChI=1S/C13H22BrNO3/c1-17-12(16)11(14)9-15-8-10-4-7-13(18-10)5-2-3-6-13/h10-11,15H,2-9H2,1H3. The van der Waals surface area contributed by atoms with Crippen molar-refractivity contribution in [2.75, 3.05) is 20.2 Å². The van der Waals surface area contributed by atoms with Gasteiger partial charge in [-0.05, 0) is 25.7 Å². The van der Waals surface area contributed by atoms with Crippen LogP contribution in [0.2, 0.25) is 0 Å². The highest BCUT2D eigenvalue weighted by molar-refractivity contribution is 9.10. The van der Waals surface area contributed by atoms with Crippen molar-refractivity contribution in [1.29, 1.82) is 0 Å². The first-order chi connectivity index (χ1) is 8.65. The molecule has 0 amide bonds. The lowest BCUT2D eigenvalue weighted by atomic mass is 9.98. The van der Waals surface area contributed by atoms with E-state index in [4.69, 9.17) is 4.74 Å². The first-order valence-corrected chi connectivity index (χ1v) is 7.67. The summed E-state index contributed by atoms with van der Waals surface area (Å²) in [6.45, 7) is 1.40. The van der Waals surface area contributed by atoms with Gasteiger partial charge in [-0.2, -0.15) is 0 Å². The zero-order valence-electron chi connectivity index (χ0n) is 10.9. The lowest BCUT2D eigenvalue weighted by Gasteiger charge is -2.24. The predicted octanol–water partition coefficient (Wildman–Crippen LogP) is 2.00. The van der Waals surface area contributed by atoms with Crippen LogP contribution in [0.15, 0.2) is 0 Å². The van der Waals surface area contributed by atoms with Gasteiger partial charge in [0.05, 0.1) is 18.8 Å². The summed E-state index contributed by atoms with van der Waals surface area (Å²) in [6.07, 6.45) is 7.73. The molecule has 0 radical (unpaired) electrons. The minimum Gasteiger partial charge on any atom is -0.468 e. The lowest BCUT2D eigenvalue weighted by Crippen LogP contribution is -2.36. The summed E-state index contributed by atoms with van der Waals surface area (Å²) in [5, 5.41) is 3.28. The van der Waals surface area contributed by atoms with Crippen molar-refractivity contribution < 1.29 is 14.3 Å². The molecule has 1 spiro atoms. The highest BCUT2D eigenvalue weighted by atomic mass is 79.9. The maximum Gasteiger partial charge on any atom is 0.320 e. The van der Waals surface area contributed by atoms with E-state index in [9.17, 15) is 4.79 Å². The van der Waals surface area contributed by atoms with Gasteiger partial charge in [0.2, 0.25) is 0 Å². The molecule has 2 aliphatic rings. The number of carbonyl (C=O) groups is 1. The number of alkyl halides is 1. The average Bonchev–Trinajstić information content (AvgIpc) is 2.99. The van der Waals surface area contributed by atoms with Crippen LogP contribution in [-0.4, -0.2) is 42.7 Å². The second-order valence-electron chi connectivity index (χ2n) is 5.32. The third kappa shape index (κ3) is 3.45. The molecular weight excluding hydrogens is 298 g/mol. The Labute approximate surface area is 117 Å². The molecule has 0 aromatic rings. The van der Waals surface area contributed by atoms with E-state index in [0.717, 1.165) is 13.0 Å². The fraction of sp³-hybridized carbons (Fsp3) is 0.923. The van der Waals surface area contributed by atoms with Gasteiger partial charge in [-0.3, -0.25) is 4.79 Å². The van der Waals surface area contributed by atoms with Gasteiger partial charge in [0.25, 0.3) is 0 Å². The van der Waals surface area contributed by atoms with E-state index in [1.165, 1.54) is 39.2 Å². The van der Waals surface area contributed by atoms with Crippen LogP contribution in [0.5, 0.6) is 0 Å². The Morgan fingerprint density at radius 3 is 2.89 bits per heavy atom. The number of nitrogens with one attached hydrogen (secondary N) is 1. The molecule has 1 aliphatic heterocycles. The molecule has 2 unspecified atom stereocenters. The zero-order chi connectivity index (χ0) is 13.0. The Hall–Kier alpha value is -0.130. The van der Waals surface area contributed by atoms with E-state index in [-0.39, 0.29) is 16.4 Å². The number of carbonyl (C=O) groups excluding carboxylic acids is 1. The maximum absolute atomic E-state index is 11.2. The second-order valence-corrected chi connectivity index (χ2v) is 6.42. The van der Waals surface area contributed by atoms with Gasteiger partial charge >= 0.3 is 5.97 Å². The fourth-order valence-electron chi connectivity index (χ4n) is 3.01. The fourth-order valence-corrected chi connectivity index (χ4v) is 3.42. The van der Waals surface area contributed by atoms with Crippen LogP contribution in [0.25, 0.3) is 0 Å². The number of ether oxygens (including phenoxy) is 2. The Balaban J connectivity index is 1.65. The molecule has 2 rings (SSSR count). The van der Waals surface area contributed by atoms with Crippen LogP contribution in [-0.2, 0) is 14.3 Å². The summed E-state index contributed by atoms with van der Waals surface area (Å²) >= 11 is 3.29. The smallest absolute Gasteiger partial charge is 0.320 e. The quantitative estimate of drug-likeness (QED) is 0.622. The van der Waals surface area contributed by atoms with E-state index in [0.29, 0.717) is 12.6 Å². The van der Waals surface area contributed by atoms with Gasteiger partial charge in [-0.15, -0.1) is 0 Å². The summed E-state index contributed by atoms with van der Waals surface area (Å²) in [5.74, 6) is -0.234. The van der Waals surface area contributed by atoms with E-state index < -0.39 is 0 Å². The van der Waals surface area contributed by atoms with Crippen LogP contribution in [0.3, 0.4) is 0 Å². The van der Waals surface area contributed by atoms with Crippen molar-refractivity contribution in [3.63, 3.8) is 0 Å². The minimum atomic E-state index is -0.274.